The van der Waals surface area contributed by atoms with Gasteiger partial charge in [-0.15, -0.1) is 0 Å². The van der Waals surface area contributed by atoms with Gasteiger partial charge in [0.25, 0.3) is 11.8 Å². The van der Waals surface area contributed by atoms with E-state index in [1.54, 1.807) is 18.2 Å². The maximum atomic E-state index is 13.3. The third-order valence-electron chi connectivity index (χ3n) is 11.5. The third-order valence-corrected chi connectivity index (χ3v) is 11.8. The van der Waals surface area contributed by atoms with E-state index in [-0.39, 0.29) is 24.9 Å². The Morgan fingerprint density at radius 2 is 1.61 bits per heavy atom. The molecule has 2 N–H and O–H groups in total. The Morgan fingerprint density at radius 3 is 2.28 bits per heavy atom. The van der Waals surface area contributed by atoms with Gasteiger partial charge in [0.15, 0.2) is 0 Å². The number of anilines is 1. The minimum Gasteiger partial charge on any atom is -0.490 e. The van der Waals surface area contributed by atoms with Gasteiger partial charge in [-0.05, 0) is 97.7 Å². The number of fused-ring (bicyclic) bond motifs is 3. The summed E-state index contributed by atoms with van der Waals surface area (Å²) in [6.07, 6.45) is 4.83. The Kier molecular flexibility index (Phi) is 8.71. The number of nitrogens with one attached hydrogen (secondary N) is 2. The molecule has 2 saturated heterocycles. The highest BCUT2D eigenvalue weighted by Crippen LogP contribution is 2.36. The van der Waals surface area contributed by atoms with Crippen LogP contribution in [0.5, 0.6) is 5.75 Å². The van der Waals surface area contributed by atoms with Crippen molar-refractivity contribution in [3.8, 4) is 17.1 Å². The van der Waals surface area contributed by atoms with E-state index in [4.69, 9.17) is 27.9 Å². The number of ether oxygens (including phenoxy) is 1. The molecule has 274 valence electrons. The van der Waals surface area contributed by atoms with E-state index in [2.05, 4.69) is 49.2 Å². The monoisotopic (exact) mass is 743 g/mol. The number of nitrogens with zero attached hydrogens (tertiary/aromatic N) is 5. The Balaban J connectivity index is 0.771. The quantitative estimate of drug-likeness (QED) is 0.178. The smallest absolute Gasteiger partial charge is 0.262 e. The summed E-state index contributed by atoms with van der Waals surface area (Å²) in [6.45, 7) is 11.5. The second-order valence-electron chi connectivity index (χ2n) is 15.0. The van der Waals surface area contributed by atoms with E-state index in [0.29, 0.717) is 33.5 Å². The molecule has 4 aliphatic heterocycles. The van der Waals surface area contributed by atoms with E-state index >= 15 is 0 Å². The predicted octanol–water partition coefficient (Wildman–Crippen LogP) is 5.85. The van der Waals surface area contributed by atoms with E-state index in [9.17, 15) is 19.2 Å². The first-order chi connectivity index (χ1) is 26.2. The number of H-pyrrole nitrogens is 1. The fraction of sp³-hybridized carbons (Fsp3) is 0.366. The first-order valence-electron chi connectivity index (χ1n) is 18.6. The number of imide groups is 2. The van der Waals surface area contributed by atoms with Crippen LogP contribution in [0.25, 0.3) is 16.2 Å². The highest BCUT2D eigenvalue weighted by atomic mass is 35.5. The molecule has 5 aliphatic rings. The van der Waals surface area contributed by atoms with Crippen LogP contribution in [0.4, 0.5) is 11.4 Å². The van der Waals surface area contributed by atoms with Crippen molar-refractivity contribution in [3.63, 3.8) is 0 Å². The van der Waals surface area contributed by atoms with Crippen LogP contribution in [-0.4, -0.2) is 75.2 Å². The average Bonchev–Trinajstić information content (AvgIpc) is 3.84. The summed E-state index contributed by atoms with van der Waals surface area (Å²) in [4.78, 5) is 68.4. The summed E-state index contributed by atoms with van der Waals surface area (Å²) in [5, 5.41) is 2.65. The van der Waals surface area contributed by atoms with Crippen molar-refractivity contribution in [3.05, 3.63) is 105 Å². The number of rotatable bonds is 7. The molecule has 13 heteroatoms. The Hall–Kier alpha value is -5.51. The lowest BCUT2D eigenvalue weighted by Crippen LogP contribution is -2.54. The fourth-order valence-electron chi connectivity index (χ4n) is 8.67. The number of hydrogen-bond donors (Lipinski definition) is 2. The third kappa shape index (κ3) is 6.31. The molecule has 1 aromatic heterocycles. The molecule has 1 aliphatic carbocycles. The minimum atomic E-state index is -0.953. The van der Waals surface area contributed by atoms with Gasteiger partial charge in [0.1, 0.15) is 23.7 Å². The lowest BCUT2D eigenvalue weighted by molar-refractivity contribution is -0.136. The summed E-state index contributed by atoms with van der Waals surface area (Å²) >= 11 is 6.21. The van der Waals surface area contributed by atoms with Crippen LogP contribution >= 0.6 is 11.6 Å². The standard InChI is InChI=1S/C41H38ClN7O5/c1-43-33-8-6-28(18-32(33)42)54-29-7-9-34-35(19-29)45-38(44-34)24-2-4-27(5-3-24)48-14-12-23(13-15-48)20-47-21-25-16-30-31(17-26(25)22-47)41(53)49(40(30)52)36-10-11-37(50)46-39(36)51/h2-6,8,16-18,23,29,36H,7,9-15,19-22H2,(H,44,45)(H,46,50,51)/t29-,36?/m1/s1. The zero-order chi connectivity index (χ0) is 37.1. The first kappa shape index (κ1) is 34.3. The number of aryl methyl sites for hydroxylation is 1. The van der Waals surface area contributed by atoms with Crippen LogP contribution in [-0.2, 0) is 35.5 Å². The van der Waals surface area contributed by atoms with Crippen LogP contribution < -0.4 is 15.0 Å². The number of benzene rings is 3. The second kappa shape index (κ2) is 13.7. The van der Waals surface area contributed by atoms with E-state index in [1.165, 1.54) is 5.69 Å². The number of hydrogen-bond acceptors (Lipinski definition) is 8. The maximum absolute atomic E-state index is 13.3. The van der Waals surface area contributed by atoms with Gasteiger partial charge in [0.05, 0.1) is 28.4 Å². The Bertz CT molecular complexity index is 2210. The summed E-state index contributed by atoms with van der Waals surface area (Å²) in [5.74, 6) is 0.200. The van der Waals surface area contributed by atoms with Crippen molar-refractivity contribution in [1.29, 1.82) is 0 Å². The van der Waals surface area contributed by atoms with Gasteiger partial charge in [0.2, 0.25) is 17.5 Å². The van der Waals surface area contributed by atoms with Gasteiger partial charge in [-0.1, -0.05) is 17.7 Å². The van der Waals surface area contributed by atoms with Crippen LogP contribution in [0.2, 0.25) is 5.02 Å². The highest BCUT2D eigenvalue weighted by Gasteiger charge is 2.45. The van der Waals surface area contributed by atoms with Crippen LogP contribution in [0, 0.1) is 12.5 Å². The van der Waals surface area contributed by atoms with Gasteiger partial charge in [0, 0.05) is 62.5 Å². The minimum absolute atomic E-state index is 0.00350. The summed E-state index contributed by atoms with van der Waals surface area (Å²) in [6, 6.07) is 16.6. The number of halogens is 1. The van der Waals surface area contributed by atoms with Crippen molar-refractivity contribution in [2.75, 3.05) is 24.5 Å². The molecular formula is C41H38ClN7O5. The van der Waals surface area contributed by atoms with Gasteiger partial charge >= 0.3 is 0 Å². The number of piperidine rings is 2. The average molecular weight is 744 g/mol. The number of amides is 4. The molecule has 0 radical (unpaired) electrons. The van der Waals surface area contributed by atoms with Crippen molar-refractivity contribution < 1.29 is 23.9 Å². The number of aromatic nitrogens is 2. The maximum Gasteiger partial charge on any atom is 0.262 e. The summed E-state index contributed by atoms with van der Waals surface area (Å²) in [7, 11) is 0. The number of imidazole rings is 1. The normalized spacial score (nSPS) is 21.5. The summed E-state index contributed by atoms with van der Waals surface area (Å²) in [5.41, 5.74) is 7.66. The molecule has 4 aromatic rings. The van der Waals surface area contributed by atoms with E-state index in [1.807, 2.05) is 12.1 Å². The Labute approximate surface area is 317 Å². The molecule has 2 atom stereocenters. The van der Waals surface area contributed by atoms with Gasteiger partial charge in [-0.2, -0.15) is 0 Å². The first-order valence-corrected chi connectivity index (χ1v) is 18.9. The SMILES string of the molecule is [C-]#[N+]c1ccc(O[C@@H]2CCc3nc(-c4ccc(N5CCC(CN6Cc7cc8c(cc7C6)C(=O)N(C6CCC(=O)NC6=O)C8=O)CC5)cc4)[nH]c3C2)cc1Cl. The number of carbonyl (C=O) groups excluding carboxylic acids is 4. The molecule has 12 nitrogen and oxygen atoms in total. The summed E-state index contributed by atoms with van der Waals surface area (Å²) < 4.78 is 6.21. The predicted molar refractivity (Wildman–Crippen MR) is 200 cm³/mol. The topological polar surface area (TPSA) is 132 Å². The second-order valence-corrected chi connectivity index (χ2v) is 15.4. The molecule has 0 bridgehead atoms. The van der Waals surface area contributed by atoms with E-state index < -0.39 is 23.8 Å². The van der Waals surface area contributed by atoms with Crippen LogP contribution in [0.1, 0.15) is 75.3 Å². The molecule has 9 rings (SSSR count). The van der Waals surface area contributed by atoms with Gasteiger partial charge in [-0.25, -0.2) is 9.83 Å². The molecule has 1 unspecified atom stereocenters. The van der Waals surface area contributed by atoms with E-state index in [0.717, 1.165) is 104 Å². The molecule has 0 spiro atoms. The van der Waals surface area contributed by atoms with Gasteiger partial charge < -0.3 is 14.6 Å². The van der Waals surface area contributed by atoms with Crippen molar-refractivity contribution >= 4 is 46.6 Å². The molecular weight excluding hydrogens is 706 g/mol. The molecule has 3 aromatic carbocycles. The number of aromatic amines is 1. The lowest BCUT2D eigenvalue weighted by atomic mass is 9.95. The molecule has 4 amide bonds. The van der Waals surface area contributed by atoms with Crippen molar-refractivity contribution in [2.24, 2.45) is 5.92 Å². The fourth-order valence-corrected chi connectivity index (χ4v) is 8.88. The molecule has 5 heterocycles. The largest absolute Gasteiger partial charge is 0.490 e. The van der Waals surface area contributed by atoms with Crippen LogP contribution in [0.15, 0.2) is 54.6 Å². The number of carbonyl (C=O) groups is 4. The van der Waals surface area contributed by atoms with Gasteiger partial charge in [-0.3, -0.25) is 34.3 Å². The molecule has 2 fully saturated rings. The molecule has 54 heavy (non-hydrogen) atoms. The van der Waals surface area contributed by atoms with Crippen molar-refractivity contribution in [2.45, 2.75) is 70.2 Å². The molecule has 0 saturated carbocycles. The van der Waals surface area contributed by atoms with Crippen LogP contribution in [0.3, 0.4) is 0 Å². The zero-order valence-corrected chi connectivity index (χ0v) is 30.3. The zero-order valence-electron chi connectivity index (χ0n) is 29.6. The Morgan fingerprint density at radius 1 is 0.889 bits per heavy atom. The highest BCUT2D eigenvalue weighted by molar-refractivity contribution is 6.33. The lowest BCUT2D eigenvalue weighted by Gasteiger charge is -2.35. The van der Waals surface area contributed by atoms with Crippen molar-refractivity contribution in [1.82, 2.24) is 25.1 Å².